The summed E-state index contributed by atoms with van der Waals surface area (Å²) in [5.41, 5.74) is -10.4. The zero-order valence-corrected chi connectivity index (χ0v) is 89.2. The molecule has 0 aliphatic carbocycles. The summed E-state index contributed by atoms with van der Waals surface area (Å²) >= 11 is 60.2. The van der Waals surface area contributed by atoms with Gasteiger partial charge in [0.15, 0.2) is 0 Å². The average Bonchev–Trinajstić information content (AvgIpc) is 0.828. The summed E-state index contributed by atoms with van der Waals surface area (Å²) < 4.78 is 118. The van der Waals surface area contributed by atoms with E-state index < -0.39 is 262 Å². The van der Waals surface area contributed by atoms with E-state index in [0.717, 1.165) is 0 Å². The molecule has 0 radical (unpaired) electrons. The Morgan fingerprint density at radius 3 is 0.338 bits per heavy atom. The molecule has 0 amide bonds. The van der Waals surface area contributed by atoms with Gasteiger partial charge in [-0.15, -0.1) is 0 Å². The van der Waals surface area contributed by atoms with Crippen molar-refractivity contribution in [3.05, 3.63) is 12.3 Å². The van der Waals surface area contributed by atoms with Crippen LogP contribution in [0, 0.1) is 32.5 Å². The summed E-state index contributed by atoms with van der Waals surface area (Å²) in [4.78, 5) is 178. The van der Waals surface area contributed by atoms with Gasteiger partial charge in [-0.2, -0.15) is 177 Å². The van der Waals surface area contributed by atoms with Crippen LogP contribution in [0.1, 0.15) is 180 Å². The van der Waals surface area contributed by atoms with Gasteiger partial charge >= 0.3 is 77.6 Å². The quantitative estimate of drug-likeness (QED) is 0.0116. The lowest BCUT2D eigenvalue weighted by molar-refractivity contribution is -0.180. The van der Waals surface area contributed by atoms with Gasteiger partial charge in [-0.05, 0) is 170 Å². The number of carbonyl (C=O) groups is 13. The maximum atomic E-state index is 14.0. The van der Waals surface area contributed by atoms with E-state index in [2.05, 4.69) is 183 Å². The van der Waals surface area contributed by atoms with Crippen LogP contribution in [-0.2, 0) is 152 Å². The van der Waals surface area contributed by atoms with Crippen molar-refractivity contribution in [2.24, 2.45) is 32.5 Å². The van der Waals surface area contributed by atoms with E-state index in [4.69, 9.17) is 90.0 Å². The van der Waals surface area contributed by atoms with Gasteiger partial charge in [-0.25, -0.2) is 0 Å². The van der Waals surface area contributed by atoms with Crippen molar-refractivity contribution in [3.8, 4) is 0 Å². The minimum atomic E-state index is -1.85. The zero-order valence-electron chi connectivity index (χ0n) is 76.7. The van der Waals surface area contributed by atoms with Crippen LogP contribution in [0.15, 0.2) is 12.3 Å². The molecule has 0 rings (SSSR count). The summed E-state index contributed by atoms with van der Waals surface area (Å²) in [7, 11) is 0. The third kappa shape index (κ3) is 66.7. The lowest BCUT2D eigenvalue weighted by Gasteiger charge is -2.39. The van der Waals surface area contributed by atoms with Crippen LogP contribution in [0.3, 0.4) is 0 Å². The lowest BCUT2D eigenvalue weighted by atomic mass is 9.88. The predicted octanol–water partition coefficient (Wildman–Crippen LogP) is 11.5. The normalized spacial score (nSPS) is 11.8. The fraction of sp³-hybridized carbons (Fsp3) is 0.828. The molecule has 0 saturated carbocycles. The molecular formula is C87H148O32S14. The molecule has 46 heteroatoms. The molecule has 0 heterocycles. The highest BCUT2D eigenvalue weighted by Gasteiger charge is 2.46. The Balaban J connectivity index is 9.58. The van der Waals surface area contributed by atoms with E-state index in [-0.39, 0.29) is 176 Å². The molecule has 0 bridgehead atoms. The largest absolute Gasteiger partial charge is 0.498 e. The molecule has 772 valence electrons. The van der Waals surface area contributed by atoms with Crippen LogP contribution in [0.2, 0.25) is 0 Å². The van der Waals surface area contributed by atoms with Gasteiger partial charge in [0.1, 0.15) is 92.5 Å². The molecule has 0 aromatic rings. The minimum absolute atomic E-state index is 0.0252. The second-order valence-corrected chi connectivity index (χ2v) is 38.7. The van der Waals surface area contributed by atoms with Gasteiger partial charge in [0.2, 0.25) is 0 Å². The Hall–Kier alpha value is -2.65. The molecule has 0 atom stereocenters. The highest BCUT2D eigenvalue weighted by atomic mass is 32.1. The van der Waals surface area contributed by atoms with Crippen LogP contribution < -0.4 is 0 Å². The molecule has 0 fully saturated rings. The molecule has 0 N–H and O–H groups in total. The van der Waals surface area contributed by atoms with Gasteiger partial charge in [0, 0.05) is 89.9 Å². The number of ether oxygens (including phenoxy) is 19. The van der Waals surface area contributed by atoms with Crippen LogP contribution in [-0.4, -0.2) is 317 Å². The number of allylic oxidation sites excluding steroid dienone is 1. The monoisotopic (exact) mass is 2150 g/mol. The Kier molecular flexibility index (Phi) is 81.2. The Morgan fingerprint density at radius 1 is 0.143 bits per heavy atom. The van der Waals surface area contributed by atoms with E-state index in [1.165, 1.54) is 0 Å². The van der Waals surface area contributed by atoms with E-state index in [1.54, 1.807) is 0 Å². The summed E-state index contributed by atoms with van der Waals surface area (Å²) in [6.45, 7) is -9.61. The van der Waals surface area contributed by atoms with Crippen LogP contribution in [0.4, 0.5) is 0 Å². The first-order valence-electron chi connectivity index (χ1n) is 44.7. The summed E-state index contributed by atoms with van der Waals surface area (Å²) in [5, 5.41) is 0. The van der Waals surface area contributed by atoms with Gasteiger partial charge in [0.25, 0.3) is 0 Å². The maximum Gasteiger partial charge on any atom is 0.305 e. The summed E-state index contributed by atoms with van der Waals surface area (Å²) in [5.74, 6) is -4.29. The molecule has 0 spiro atoms. The Morgan fingerprint density at radius 2 is 0.233 bits per heavy atom. The van der Waals surface area contributed by atoms with Crippen molar-refractivity contribution in [2.75, 3.05) is 239 Å². The molecular weight excluding hydrogens is 2010 g/mol. The first-order valence-corrected chi connectivity index (χ1v) is 53.5. The fourth-order valence-corrected chi connectivity index (χ4v) is 13.6. The highest BCUT2D eigenvalue weighted by Crippen LogP contribution is 2.34. The number of esters is 13. The highest BCUT2D eigenvalue weighted by molar-refractivity contribution is 7.82. The molecule has 0 aliphatic rings. The number of rotatable bonds is 91. The van der Waals surface area contributed by atoms with Crippen LogP contribution in [0.5, 0.6) is 0 Å². The van der Waals surface area contributed by atoms with E-state index >= 15 is 0 Å². The molecule has 0 aliphatic heterocycles. The van der Waals surface area contributed by atoms with Crippen molar-refractivity contribution in [1.29, 1.82) is 0 Å². The number of thiol groups is 14. The minimum Gasteiger partial charge on any atom is -0.498 e. The van der Waals surface area contributed by atoms with Crippen molar-refractivity contribution < 1.29 is 152 Å². The molecule has 133 heavy (non-hydrogen) atoms. The Labute approximate surface area is 863 Å². The molecule has 0 aromatic carbocycles. The molecule has 0 saturated heterocycles. The third-order valence-electron chi connectivity index (χ3n) is 19.3. The number of carbonyl (C=O) groups excluding carboxylic acids is 13. The lowest BCUT2D eigenvalue weighted by Crippen LogP contribution is -2.49. The van der Waals surface area contributed by atoms with Gasteiger partial charge in [0.05, 0.1) is 104 Å². The summed E-state index contributed by atoms with van der Waals surface area (Å²) in [6, 6.07) is 0. The smallest absolute Gasteiger partial charge is 0.305 e. The van der Waals surface area contributed by atoms with Gasteiger partial charge in [-0.1, -0.05) is 6.58 Å². The van der Waals surface area contributed by atoms with E-state index in [0.29, 0.717) is 96.7 Å². The molecule has 32 nitrogen and oxygen atoms in total. The van der Waals surface area contributed by atoms with Crippen molar-refractivity contribution in [1.82, 2.24) is 0 Å². The molecule has 0 unspecified atom stereocenters. The van der Waals surface area contributed by atoms with Gasteiger partial charge < -0.3 is 90.0 Å². The number of hydrogen-bond donors (Lipinski definition) is 14. The first-order chi connectivity index (χ1) is 63.9. The van der Waals surface area contributed by atoms with Crippen LogP contribution in [0.25, 0.3) is 0 Å². The summed E-state index contributed by atoms with van der Waals surface area (Å²) in [6.07, 6.45) is 3.38. The standard InChI is InChI=1S/C87H148O32S14/c1-68(16-2-30-120)106-54-86(63-115-77(96)25-11-39-129,64-116-78(97)26-12-40-130)52-104-50-84(59-111-73(92)21-7-35-125,60-112-74(93)22-8-36-126)48-102-46-82(55-107-69(88)17-3-31-121,56-108-70(89)18-4-32-122)44-101-45-83(57-109-71(90)19-5-33-123,58-110-72(91)20-6-34-124)47-103-49-85(61-113-75(94)23-9-37-127,62-114-76(95)24-10-38-128)51-105-53-87(65-117-79(98)27-13-41-131,66-118-80(99)28-14-42-132)67-119-81(100)29-15-43-133/h120-133H,1-67H2. The van der Waals surface area contributed by atoms with Crippen molar-refractivity contribution in [3.63, 3.8) is 0 Å². The Bertz CT molecular complexity index is 2830. The SMILES string of the molecule is C=C(CCCS)OCC(COCC(COCC(COCC(COCC(COCC(COC(=O)CCCS)(COC(=O)CCCS)COC(=O)CCCS)(COC(=O)CCCS)COC(=O)CCCS)(COC(=O)CCCS)COC(=O)CCCS)(COC(=O)CCCS)COC(=O)CCCS)(COC(=O)CCCS)COC(=O)CCCS)(COC(=O)CCCS)COC(=O)CCCS. The van der Waals surface area contributed by atoms with Crippen molar-refractivity contribution >= 4 is 254 Å². The van der Waals surface area contributed by atoms with Crippen LogP contribution >= 0.6 is 177 Å². The topological polar surface area (TPSA) is 397 Å². The van der Waals surface area contributed by atoms with E-state index in [9.17, 15) is 62.3 Å². The zero-order chi connectivity index (χ0) is 99.2. The fourth-order valence-electron chi connectivity index (χ4n) is 11.4. The second kappa shape index (κ2) is 82.9. The number of hydrogen-bond acceptors (Lipinski definition) is 46. The average molecular weight is 2160 g/mol. The predicted molar refractivity (Wildman–Crippen MR) is 549 cm³/mol. The second-order valence-electron chi connectivity index (χ2n) is 32.5. The maximum absolute atomic E-state index is 14.0. The molecule has 0 aromatic heterocycles. The first kappa shape index (κ1) is 130. The van der Waals surface area contributed by atoms with E-state index in [1.807, 2.05) is 0 Å². The van der Waals surface area contributed by atoms with Gasteiger partial charge in [-0.3, -0.25) is 62.3 Å². The third-order valence-corrected chi connectivity index (χ3v) is 23.7. The van der Waals surface area contributed by atoms with Crippen molar-refractivity contribution in [2.45, 2.75) is 180 Å².